The van der Waals surface area contributed by atoms with Crippen molar-refractivity contribution in [3.8, 4) is 5.75 Å². The number of benzene rings is 2. The summed E-state index contributed by atoms with van der Waals surface area (Å²) in [4.78, 5) is 2.20. The fourth-order valence-corrected chi connectivity index (χ4v) is 4.16. The first-order chi connectivity index (χ1) is 13.7. The van der Waals surface area contributed by atoms with Gasteiger partial charge >= 0.3 is 0 Å². The molecule has 29 heavy (non-hydrogen) atoms. The number of nitrogens with one attached hydrogen (secondary N) is 1. The first-order valence-corrected chi connectivity index (χ1v) is 11.3. The standard InChI is InChI=1S/C18H12BrCl3N2O4S/c19-11-1-5-15(6-2-11)29(25,26)24-23-9-13-3-4-14(28-13)10-27-18-16(21)7-12(20)8-17(18)22/h1-9,24H,10H2/b23-9+. The number of ether oxygens (including phenoxy) is 1. The molecule has 0 atom stereocenters. The van der Waals surface area contributed by atoms with Gasteiger partial charge in [-0.3, -0.25) is 0 Å². The minimum atomic E-state index is -3.77. The summed E-state index contributed by atoms with van der Waals surface area (Å²) >= 11 is 21.2. The molecule has 0 spiro atoms. The number of hydrogen-bond donors (Lipinski definition) is 1. The molecule has 6 nitrogen and oxygen atoms in total. The summed E-state index contributed by atoms with van der Waals surface area (Å²) < 4.78 is 36.2. The van der Waals surface area contributed by atoms with Crippen molar-refractivity contribution in [1.29, 1.82) is 0 Å². The minimum Gasteiger partial charge on any atom is -0.483 e. The fourth-order valence-electron chi connectivity index (χ4n) is 2.18. The smallest absolute Gasteiger partial charge is 0.276 e. The molecule has 152 valence electrons. The lowest BCUT2D eigenvalue weighted by atomic mass is 10.3. The Bertz CT molecular complexity index is 1130. The first-order valence-electron chi connectivity index (χ1n) is 7.91. The quantitative estimate of drug-likeness (QED) is 0.300. The highest BCUT2D eigenvalue weighted by atomic mass is 79.9. The number of rotatable bonds is 7. The van der Waals surface area contributed by atoms with Crippen molar-refractivity contribution < 1.29 is 17.6 Å². The highest BCUT2D eigenvalue weighted by Gasteiger charge is 2.13. The van der Waals surface area contributed by atoms with E-state index in [0.717, 1.165) is 4.47 Å². The summed E-state index contributed by atoms with van der Waals surface area (Å²) in [5.74, 6) is 1.08. The van der Waals surface area contributed by atoms with Crippen LogP contribution in [-0.2, 0) is 16.6 Å². The van der Waals surface area contributed by atoms with E-state index >= 15 is 0 Å². The number of sulfonamides is 1. The van der Waals surface area contributed by atoms with E-state index in [4.69, 9.17) is 44.0 Å². The van der Waals surface area contributed by atoms with E-state index in [-0.39, 0.29) is 27.3 Å². The molecule has 1 aromatic heterocycles. The van der Waals surface area contributed by atoms with Gasteiger partial charge in [-0.1, -0.05) is 50.7 Å². The Morgan fingerprint density at radius 3 is 2.38 bits per heavy atom. The van der Waals surface area contributed by atoms with E-state index in [1.54, 1.807) is 24.3 Å². The molecule has 0 saturated carbocycles. The summed E-state index contributed by atoms with van der Waals surface area (Å²) in [6, 6.07) is 12.5. The second-order valence-corrected chi connectivity index (χ2v) is 9.43. The Morgan fingerprint density at radius 2 is 1.72 bits per heavy atom. The molecule has 0 aliphatic carbocycles. The molecule has 2 aromatic carbocycles. The van der Waals surface area contributed by atoms with Crippen LogP contribution in [0, 0.1) is 0 Å². The molecule has 0 saturated heterocycles. The summed E-state index contributed by atoms with van der Waals surface area (Å²) in [7, 11) is -3.77. The van der Waals surface area contributed by atoms with E-state index in [1.165, 1.54) is 30.5 Å². The third-order valence-corrected chi connectivity index (χ3v) is 6.04. The third kappa shape index (κ3) is 5.90. The van der Waals surface area contributed by atoms with Gasteiger partial charge < -0.3 is 9.15 Å². The zero-order valence-electron chi connectivity index (χ0n) is 14.4. The number of furan rings is 1. The lowest BCUT2D eigenvalue weighted by Gasteiger charge is -2.08. The number of hydrazone groups is 1. The number of hydrogen-bond acceptors (Lipinski definition) is 5. The van der Waals surface area contributed by atoms with Crippen molar-refractivity contribution in [1.82, 2.24) is 4.83 Å². The van der Waals surface area contributed by atoms with E-state index in [2.05, 4.69) is 25.9 Å². The lowest BCUT2D eigenvalue weighted by Crippen LogP contribution is -2.18. The monoisotopic (exact) mass is 536 g/mol. The average Bonchev–Trinajstić information content (AvgIpc) is 3.09. The Kier molecular flexibility index (Phi) is 7.13. The molecular formula is C18H12BrCl3N2O4S. The lowest BCUT2D eigenvalue weighted by molar-refractivity contribution is 0.270. The van der Waals surface area contributed by atoms with Crippen LogP contribution in [0.3, 0.4) is 0 Å². The van der Waals surface area contributed by atoms with Crippen LogP contribution < -0.4 is 9.57 Å². The van der Waals surface area contributed by atoms with Crippen molar-refractivity contribution in [2.24, 2.45) is 5.10 Å². The minimum absolute atomic E-state index is 0.0551. The Hall–Kier alpha value is -1.71. The summed E-state index contributed by atoms with van der Waals surface area (Å²) in [6.07, 6.45) is 1.24. The van der Waals surface area contributed by atoms with Crippen LogP contribution in [0.5, 0.6) is 5.75 Å². The van der Waals surface area contributed by atoms with Gasteiger partial charge in [-0.25, -0.2) is 0 Å². The van der Waals surface area contributed by atoms with Gasteiger partial charge in [0.15, 0.2) is 5.75 Å². The van der Waals surface area contributed by atoms with Crippen LogP contribution in [0.4, 0.5) is 0 Å². The van der Waals surface area contributed by atoms with Gasteiger partial charge in [-0.05, 0) is 48.5 Å². The van der Waals surface area contributed by atoms with Gasteiger partial charge in [-0.2, -0.15) is 18.4 Å². The molecule has 3 rings (SSSR count). The summed E-state index contributed by atoms with van der Waals surface area (Å²) in [6.45, 7) is 0.0551. The molecule has 3 aromatic rings. The molecule has 0 amide bonds. The molecule has 0 aliphatic rings. The predicted octanol–water partition coefficient (Wildman–Crippen LogP) is 5.89. The number of nitrogens with zero attached hydrogens (tertiary/aromatic N) is 1. The topological polar surface area (TPSA) is 80.9 Å². The van der Waals surface area contributed by atoms with Crippen LogP contribution in [0.1, 0.15) is 11.5 Å². The Morgan fingerprint density at radius 1 is 1.07 bits per heavy atom. The van der Waals surface area contributed by atoms with Crippen molar-refractivity contribution in [2.45, 2.75) is 11.5 Å². The molecule has 11 heteroatoms. The van der Waals surface area contributed by atoms with Crippen molar-refractivity contribution in [2.75, 3.05) is 0 Å². The molecule has 0 fully saturated rings. The van der Waals surface area contributed by atoms with Gasteiger partial charge in [0, 0.05) is 9.50 Å². The van der Waals surface area contributed by atoms with Crippen LogP contribution in [0.25, 0.3) is 0 Å². The maximum atomic E-state index is 12.2. The van der Waals surface area contributed by atoms with Crippen LogP contribution >= 0.6 is 50.7 Å². The van der Waals surface area contributed by atoms with E-state index < -0.39 is 10.0 Å². The zero-order valence-corrected chi connectivity index (χ0v) is 19.1. The van der Waals surface area contributed by atoms with Crippen LogP contribution in [0.2, 0.25) is 15.1 Å². The predicted molar refractivity (Wildman–Crippen MR) is 117 cm³/mol. The van der Waals surface area contributed by atoms with E-state index in [9.17, 15) is 8.42 Å². The van der Waals surface area contributed by atoms with E-state index in [1.807, 2.05) is 0 Å². The second kappa shape index (κ2) is 9.40. The van der Waals surface area contributed by atoms with Gasteiger partial charge in [0.2, 0.25) is 0 Å². The molecule has 0 bridgehead atoms. The molecule has 0 aliphatic heterocycles. The molecule has 0 radical (unpaired) electrons. The molecule has 0 unspecified atom stereocenters. The SMILES string of the molecule is O=S(=O)(N/N=C/c1ccc(COc2c(Cl)cc(Cl)cc2Cl)o1)c1ccc(Br)cc1. The van der Waals surface area contributed by atoms with E-state index in [0.29, 0.717) is 16.5 Å². The molecule has 1 heterocycles. The highest BCUT2D eigenvalue weighted by Crippen LogP contribution is 2.36. The van der Waals surface area contributed by atoms with Crippen molar-refractivity contribution in [3.63, 3.8) is 0 Å². The normalized spacial score (nSPS) is 11.7. The third-order valence-electron chi connectivity index (χ3n) is 3.49. The number of halogens is 4. The highest BCUT2D eigenvalue weighted by molar-refractivity contribution is 9.10. The molecular weight excluding hydrogens is 527 g/mol. The Balaban J connectivity index is 1.61. The fraction of sp³-hybridized carbons (Fsp3) is 0.0556. The van der Waals surface area contributed by atoms with Crippen molar-refractivity contribution >= 4 is 67.0 Å². The van der Waals surface area contributed by atoms with Gasteiger partial charge in [-0.15, -0.1) is 0 Å². The zero-order chi connectivity index (χ0) is 21.0. The summed E-state index contributed by atoms with van der Waals surface area (Å²) in [5, 5.41) is 4.67. The Labute approximate surface area is 190 Å². The first kappa shape index (κ1) is 22.0. The average molecular weight is 539 g/mol. The maximum Gasteiger partial charge on any atom is 0.276 e. The van der Waals surface area contributed by atoms with Crippen LogP contribution in [-0.4, -0.2) is 14.6 Å². The molecule has 1 N–H and O–H groups in total. The summed E-state index contributed by atoms with van der Waals surface area (Å²) in [5.41, 5.74) is 0. The van der Waals surface area contributed by atoms with Crippen LogP contribution in [0.15, 0.2) is 67.4 Å². The van der Waals surface area contributed by atoms with Gasteiger partial charge in [0.25, 0.3) is 10.0 Å². The largest absolute Gasteiger partial charge is 0.483 e. The van der Waals surface area contributed by atoms with Crippen molar-refractivity contribution in [3.05, 3.63) is 79.6 Å². The second-order valence-electron chi connectivity index (χ2n) is 5.60. The van der Waals surface area contributed by atoms with Gasteiger partial charge in [0.1, 0.15) is 18.1 Å². The van der Waals surface area contributed by atoms with Gasteiger partial charge in [0.05, 0.1) is 21.2 Å². The maximum absolute atomic E-state index is 12.2.